The largest absolute Gasteiger partial charge is 0.360 e. The number of fused-ring (bicyclic) bond motifs is 2. The van der Waals surface area contributed by atoms with Crippen LogP contribution >= 0.6 is 0 Å². The first-order valence-corrected chi connectivity index (χ1v) is 9.25. The lowest BCUT2D eigenvalue weighted by Gasteiger charge is -2.29. The number of aryl methyl sites for hydroxylation is 2. The van der Waals surface area contributed by atoms with Crippen molar-refractivity contribution in [2.75, 3.05) is 11.9 Å². The SMILES string of the molecule is CC(=O)N1CCc2c(nc(C)nc2N[C@@H](C)c2nc3ccc(C)cc3[nH]2)C1. The summed E-state index contributed by atoms with van der Waals surface area (Å²) in [6.45, 7) is 8.86. The number of benzene rings is 1. The van der Waals surface area contributed by atoms with Gasteiger partial charge in [0, 0.05) is 19.0 Å². The number of nitrogens with zero attached hydrogens (tertiary/aromatic N) is 4. The van der Waals surface area contributed by atoms with E-state index >= 15 is 0 Å². The van der Waals surface area contributed by atoms with Crippen LogP contribution in [0.4, 0.5) is 5.82 Å². The van der Waals surface area contributed by atoms with Crippen LogP contribution in [0.15, 0.2) is 18.2 Å². The molecule has 1 amide bonds. The molecule has 1 aliphatic rings. The summed E-state index contributed by atoms with van der Waals surface area (Å²) >= 11 is 0. The van der Waals surface area contributed by atoms with Crippen LogP contribution in [0.25, 0.3) is 11.0 Å². The number of anilines is 1. The highest BCUT2D eigenvalue weighted by Crippen LogP contribution is 2.27. The molecule has 1 aliphatic heterocycles. The van der Waals surface area contributed by atoms with Crippen molar-refractivity contribution in [2.45, 2.75) is 46.7 Å². The van der Waals surface area contributed by atoms with Crippen LogP contribution in [0, 0.1) is 13.8 Å². The number of amides is 1. The van der Waals surface area contributed by atoms with E-state index in [4.69, 9.17) is 4.98 Å². The molecule has 0 fully saturated rings. The third kappa shape index (κ3) is 3.37. The van der Waals surface area contributed by atoms with Crippen LogP contribution in [0.5, 0.6) is 0 Å². The third-order valence-corrected chi connectivity index (χ3v) is 5.04. The van der Waals surface area contributed by atoms with E-state index in [1.807, 2.05) is 17.9 Å². The first-order valence-electron chi connectivity index (χ1n) is 9.25. The lowest BCUT2D eigenvalue weighted by Crippen LogP contribution is -2.35. The van der Waals surface area contributed by atoms with Crippen molar-refractivity contribution < 1.29 is 4.79 Å². The molecule has 0 bridgehead atoms. The Bertz CT molecular complexity index is 1020. The van der Waals surface area contributed by atoms with Gasteiger partial charge in [0.1, 0.15) is 17.5 Å². The van der Waals surface area contributed by atoms with Crippen LogP contribution < -0.4 is 5.32 Å². The maximum Gasteiger partial charge on any atom is 0.219 e. The fraction of sp³-hybridized carbons (Fsp3) is 0.400. The number of aromatic nitrogens is 4. The molecule has 4 rings (SSSR count). The Labute approximate surface area is 158 Å². The Morgan fingerprint density at radius 3 is 2.85 bits per heavy atom. The number of hydrogen-bond acceptors (Lipinski definition) is 5. The number of nitrogens with one attached hydrogen (secondary N) is 2. The van der Waals surface area contributed by atoms with Crippen molar-refractivity contribution >= 4 is 22.8 Å². The summed E-state index contributed by atoms with van der Waals surface area (Å²) in [5, 5.41) is 3.50. The van der Waals surface area contributed by atoms with Crippen molar-refractivity contribution in [3.05, 3.63) is 46.7 Å². The molecular formula is C20H24N6O. The Morgan fingerprint density at radius 1 is 1.26 bits per heavy atom. The number of carbonyl (C=O) groups is 1. The number of rotatable bonds is 3. The molecule has 1 atom stereocenters. The molecule has 1 aromatic carbocycles. The molecule has 0 saturated carbocycles. The molecule has 2 N–H and O–H groups in total. The standard InChI is InChI=1S/C20H24N6O/c1-11-5-6-16-17(9-11)25-19(24-16)12(2)21-20-15-7-8-26(14(4)27)10-18(15)22-13(3)23-20/h5-6,9,12H,7-8,10H2,1-4H3,(H,24,25)(H,21,22,23)/t12-/m0/s1. The molecule has 0 radical (unpaired) electrons. The van der Waals surface area contributed by atoms with E-state index in [1.165, 1.54) is 5.56 Å². The van der Waals surface area contributed by atoms with Crippen molar-refractivity contribution in [2.24, 2.45) is 0 Å². The summed E-state index contributed by atoms with van der Waals surface area (Å²) in [6, 6.07) is 6.17. The Kier molecular flexibility index (Phi) is 4.30. The van der Waals surface area contributed by atoms with E-state index in [-0.39, 0.29) is 11.9 Å². The van der Waals surface area contributed by atoms with Gasteiger partial charge in [-0.25, -0.2) is 15.0 Å². The van der Waals surface area contributed by atoms with Crippen molar-refractivity contribution in [3.63, 3.8) is 0 Å². The Hall–Kier alpha value is -2.96. The van der Waals surface area contributed by atoms with Gasteiger partial charge in [0.15, 0.2) is 0 Å². The maximum absolute atomic E-state index is 11.7. The third-order valence-electron chi connectivity index (χ3n) is 5.04. The van der Waals surface area contributed by atoms with Crippen molar-refractivity contribution in [1.82, 2.24) is 24.8 Å². The number of aromatic amines is 1. The van der Waals surface area contributed by atoms with Crippen LogP contribution in [-0.2, 0) is 17.8 Å². The normalized spacial score (nSPS) is 14.9. The molecule has 27 heavy (non-hydrogen) atoms. The molecule has 0 unspecified atom stereocenters. The topological polar surface area (TPSA) is 86.8 Å². The van der Waals surface area contributed by atoms with Gasteiger partial charge < -0.3 is 15.2 Å². The van der Waals surface area contributed by atoms with Crippen molar-refractivity contribution in [3.8, 4) is 0 Å². The zero-order valence-corrected chi connectivity index (χ0v) is 16.1. The monoisotopic (exact) mass is 364 g/mol. The zero-order chi connectivity index (χ0) is 19.1. The predicted octanol–water partition coefficient (Wildman–Crippen LogP) is 3.05. The minimum Gasteiger partial charge on any atom is -0.360 e. The molecule has 0 aliphatic carbocycles. The van der Waals surface area contributed by atoms with E-state index in [9.17, 15) is 4.79 Å². The van der Waals surface area contributed by atoms with Gasteiger partial charge in [-0.15, -0.1) is 0 Å². The number of hydrogen-bond donors (Lipinski definition) is 2. The lowest BCUT2D eigenvalue weighted by molar-refractivity contribution is -0.129. The summed E-state index contributed by atoms with van der Waals surface area (Å²) < 4.78 is 0. The highest BCUT2D eigenvalue weighted by atomic mass is 16.2. The fourth-order valence-electron chi connectivity index (χ4n) is 3.56. The van der Waals surface area contributed by atoms with Gasteiger partial charge in [0.2, 0.25) is 5.91 Å². The number of H-pyrrole nitrogens is 1. The van der Waals surface area contributed by atoms with Crippen molar-refractivity contribution in [1.29, 1.82) is 0 Å². The van der Waals surface area contributed by atoms with Crippen LogP contribution in [0.1, 0.15) is 48.4 Å². The van der Waals surface area contributed by atoms with E-state index in [0.29, 0.717) is 18.9 Å². The molecule has 7 heteroatoms. The van der Waals surface area contributed by atoms with Gasteiger partial charge >= 0.3 is 0 Å². The Balaban J connectivity index is 1.62. The molecule has 0 saturated heterocycles. The number of carbonyl (C=O) groups excluding carboxylic acids is 1. The van der Waals surface area contributed by atoms with E-state index in [0.717, 1.165) is 40.4 Å². The highest BCUT2D eigenvalue weighted by Gasteiger charge is 2.24. The average Bonchev–Trinajstić information content (AvgIpc) is 3.04. The highest BCUT2D eigenvalue weighted by molar-refractivity contribution is 5.76. The first-order chi connectivity index (χ1) is 12.9. The summed E-state index contributed by atoms with van der Waals surface area (Å²) in [5.41, 5.74) is 5.23. The Morgan fingerprint density at radius 2 is 2.07 bits per heavy atom. The smallest absolute Gasteiger partial charge is 0.219 e. The quantitative estimate of drug-likeness (QED) is 0.746. The summed E-state index contributed by atoms with van der Waals surface area (Å²) in [7, 11) is 0. The second kappa shape index (κ2) is 6.64. The molecule has 2 aromatic heterocycles. The van der Waals surface area contributed by atoms with Gasteiger partial charge in [0.25, 0.3) is 0 Å². The summed E-state index contributed by atoms with van der Waals surface area (Å²) in [4.78, 5) is 30.8. The fourth-order valence-corrected chi connectivity index (χ4v) is 3.56. The molecular weight excluding hydrogens is 340 g/mol. The average molecular weight is 364 g/mol. The molecule has 3 aromatic rings. The maximum atomic E-state index is 11.7. The molecule has 7 nitrogen and oxygen atoms in total. The van der Waals surface area contributed by atoms with E-state index in [2.05, 4.69) is 46.2 Å². The first kappa shape index (κ1) is 17.5. The minimum absolute atomic E-state index is 0.0260. The zero-order valence-electron chi connectivity index (χ0n) is 16.1. The van der Waals surface area contributed by atoms with Gasteiger partial charge in [0.05, 0.1) is 29.3 Å². The van der Waals surface area contributed by atoms with Gasteiger partial charge in [-0.1, -0.05) is 6.07 Å². The molecule has 3 heterocycles. The van der Waals surface area contributed by atoms with Crippen LogP contribution in [0.2, 0.25) is 0 Å². The van der Waals surface area contributed by atoms with E-state index < -0.39 is 0 Å². The van der Waals surface area contributed by atoms with Crippen LogP contribution in [-0.4, -0.2) is 37.3 Å². The number of imidazole rings is 1. The van der Waals surface area contributed by atoms with Gasteiger partial charge in [-0.2, -0.15) is 0 Å². The summed E-state index contributed by atoms with van der Waals surface area (Å²) in [5.74, 6) is 2.50. The van der Waals surface area contributed by atoms with Gasteiger partial charge in [-0.05, 0) is 44.9 Å². The van der Waals surface area contributed by atoms with Crippen LogP contribution in [0.3, 0.4) is 0 Å². The van der Waals surface area contributed by atoms with E-state index in [1.54, 1.807) is 6.92 Å². The second-order valence-corrected chi connectivity index (χ2v) is 7.24. The molecule has 140 valence electrons. The summed E-state index contributed by atoms with van der Waals surface area (Å²) in [6.07, 6.45) is 0.754. The minimum atomic E-state index is -0.0260. The predicted molar refractivity (Wildman–Crippen MR) is 104 cm³/mol. The molecule has 0 spiro atoms. The second-order valence-electron chi connectivity index (χ2n) is 7.24. The lowest BCUT2D eigenvalue weighted by atomic mass is 10.0. The van der Waals surface area contributed by atoms with Gasteiger partial charge in [-0.3, -0.25) is 4.79 Å².